The van der Waals surface area contributed by atoms with Gasteiger partial charge in [-0.15, -0.1) is 0 Å². The van der Waals surface area contributed by atoms with E-state index < -0.39 is 0 Å². The summed E-state index contributed by atoms with van der Waals surface area (Å²) in [5.74, 6) is -0.153. The highest BCUT2D eigenvalue weighted by molar-refractivity contribution is 5.72. The van der Waals surface area contributed by atoms with Gasteiger partial charge in [-0.25, -0.2) is 0 Å². The number of nitrogens with zero attached hydrogens (tertiary/aromatic N) is 1. The van der Waals surface area contributed by atoms with Gasteiger partial charge in [0.15, 0.2) is 0 Å². The van der Waals surface area contributed by atoms with Crippen LogP contribution in [0.4, 0.5) is 0 Å². The van der Waals surface area contributed by atoms with Crippen LogP contribution >= 0.6 is 0 Å². The van der Waals surface area contributed by atoms with E-state index in [-0.39, 0.29) is 17.6 Å². The number of hydrogen-bond donors (Lipinski definition) is 0. The molecule has 0 aromatic heterocycles. The van der Waals surface area contributed by atoms with Crippen molar-refractivity contribution in [3.05, 3.63) is 0 Å². The molecule has 1 heterocycles. The van der Waals surface area contributed by atoms with E-state index in [0.717, 1.165) is 6.54 Å². The van der Waals surface area contributed by atoms with Crippen molar-refractivity contribution >= 4 is 5.97 Å². The number of hydrogen-bond acceptors (Lipinski definition) is 4. The van der Waals surface area contributed by atoms with Gasteiger partial charge in [0.2, 0.25) is 0 Å². The molecule has 1 rings (SSSR count). The summed E-state index contributed by atoms with van der Waals surface area (Å²) < 4.78 is 10.5. The molecular formula is C11H21NO3. The van der Waals surface area contributed by atoms with E-state index in [0.29, 0.717) is 19.8 Å². The summed E-state index contributed by atoms with van der Waals surface area (Å²) in [6.07, 6.45) is -0.0401. The molecule has 0 aliphatic carbocycles. The lowest BCUT2D eigenvalue weighted by Crippen LogP contribution is -2.54. The number of morpholine rings is 1. The smallest absolute Gasteiger partial charge is 0.320 e. The molecule has 0 N–H and O–H groups in total. The van der Waals surface area contributed by atoms with Crippen LogP contribution in [0.1, 0.15) is 27.7 Å². The first-order valence-corrected chi connectivity index (χ1v) is 5.44. The van der Waals surface area contributed by atoms with Crippen molar-refractivity contribution in [1.29, 1.82) is 0 Å². The molecule has 4 heteroatoms. The zero-order chi connectivity index (χ0) is 11.5. The monoisotopic (exact) mass is 215 g/mol. The molecule has 0 bridgehead atoms. The maximum Gasteiger partial charge on any atom is 0.320 e. The molecule has 15 heavy (non-hydrogen) atoms. The second-order valence-electron chi connectivity index (χ2n) is 4.83. The standard InChI is InChI=1S/C11H21NO3/c1-9(2)15-10(13)7-12-5-6-14-8-11(12,3)4/h9H,5-8H2,1-4H3. The van der Waals surface area contributed by atoms with E-state index in [1.807, 2.05) is 13.8 Å². The first-order valence-electron chi connectivity index (χ1n) is 5.44. The summed E-state index contributed by atoms with van der Waals surface area (Å²) in [5.41, 5.74) is -0.0751. The molecule has 0 amide bonds. The summed E-state index contributed by atoms with van der Waals surface area (Å²) in [5, 5.41) is 0. The van der Waals surface area contributed by atoms with E-state index in [2.05, 4.69) is 18.7 Å². The zero-order valence-electron chi connectivity index (χ0n) is 10.1. The first kappa shape index (κ1) is 12.5. The van der Waals surface area contributed by atoms with Gasteiger partial charge in [-0.3, -0.25) is 9.69 Å². The highest BCUT2D eigenvalue weighted by Gasteiger charge is 2.32. The topological polar surface area (TPSA) is 38.8 Å². The second-order valence-corrected chi connectivity index (χ2v) is 4.83. The minimum absolute atomic E-state index is 0.0401. The fourth-order valence-corrected chi connectivity index (χ4v) is 1.64. The molecule has 0 atom stereocenters. The summed E-state index contributed by atoms with van der Waals surface area (Å²) in [6.45, 7) is 10.4. The van der Waals surface area contributed by atoms with E-state index >= 15 is 0 Å². The van der Waals surface area contributed by atoms with Crippen molar-refractivity contribution in [2.24, 2.45) is 0 Å². The van der Waals surface area contributed by atoms with E-state index in [4.69, 9.17) is 9.47 Å². The van der Waals surface area contributed by atoms with Crippen LogP contribution in [0, 0.1) is 0 Å². The average molecular weight is 215 g/mol. The van der Waals surface area contributed by atoms with Crippen molar-refractivity contribution < 1.29 is 14.3 Å². The van der Waals surface area contributed by atoms with Crippen molar-refractivity contribution in [3.63, 3.8) is 0 Å². The van der Waals surface area contributed by atoms with Crippen molar-refractivity contribution in [2.45, 2.75) is 39.3 Å². The maximum absolute atomic E-state index is 11.5. The zero-order valence-corrected chi connectivity index (χ0v) is 10.1. The molecule has 0 aromatic rings. The Morgan fingerprint density at radius 3 is 2.73 bits per heavy atom. The van der Waals surface area contributed by atoms with Crippen LogP contribution in [0.2, 0.25) is 0 Å². The van der Waals surface area contributed by atoms with Crippen molar-refractivity contribution in [3.8, 4) is 0 Å². The molecule has 1 aliphatic rings. The van der Waals surface area contributed by atoms with Crippen LogP contribution in [-0.2, 0) is 14.3 Å². The fraction of sp³-hybridized carbons (Fsp3) is 0.909. The highest BCUT2D eigenvalue weighted by Crippen LogP contribution is 2.18. The van der Waals surface area contributed by atoms with Crippen LogP contribution < -0.4 is 0 Å². The summed E-state index contributed by atoms with van der Waals surface area (Å²) in [6, 6.07) is 0. The van der Waals surface area contributed by atoms with Gasteiger partial charge in [-0.05, 0) is 27.7 Å². The molecular weight excluding hydrogens is 194 g/mol. The minimum atomic E-state index is -0.153. The quantitative estimate of drug-likeness (QED) is 0.660. The van der Waals surface area contributed by atoms with E-state index in [9.17, 15) is 4.79 Å². The Morgan fingerprint density at radius 1 is 1.53 bits per heavy atom. The van der Waals surface area contributed by atoms with Crippen LogP contribution in [0.25, 0.3) is 0 Å². The number of carbonyl (C=O) groups is 1. The normalized spacial score (nSPS) is 21.7. The van der Waals surface area contributed by atoms with Gasteiger partial charge in [-0.2, -0.15) is 0 Å². The fourth-order valence-electron chi connectivity index (χ4n) is 1.64. The van der Waals surface area contributed by atoms with Gasteiger partial charge >= 0.3 is 5.97 Å². The Morgan fingerprint density at radius 2 is 2.20 bits per heavy atom. The molecule has 1 aliphatic heterocycles. The van der Waals surface area contributed by atoms with Gasteiger partial charge in [0.1, 0.15) is 0 Å². The van der Waals surface area contributed by atoms with Crippen molar-refractivity contribution in [2.75, 3.05) is 26.3 Å². The molecule has 0 spiro atoms. The lowest BCUT2D eigenvalue weighted by Gasteiger charge is -2.41. The van der Waals surface area contributed by atoms with Crippen LogP contribution in [-0.4, -0.2) is 48.8 Å². The van der Waals surface area contributed by atoms with E-state index in [1.165, 1.54) is 0 Å². The molecule has 0 saturated carbocycles. The predicted molar refractivity (Wildman–Crippen MR) is 57.7 cm³/mol. The predicted octanol–water partition coefficient (Wildman–Crippen LogP) is 1.05. The minimum Gasteiger partial charge on any atom is -0.462 e. The molecule has 0 radical (unpaired) electrons. The Balaban J connectivity index is 2.45. The Hall–Kier alpha value is -0.610. The number of ether oxygens (including phenoxy) is 2. The Labute approximate surface area is 91.5 Å². The van der Waals surface area contributed by atoms with Crippen LogP contribution in [0.3, 0.4) is 0 Å². The lowest BCUT2D eigenvalue weighted by molar-refractivity contribution is -0.153. The number of rotatable bonds is 3. The Kier molecular flexibility index (Phi) is 4.11. The number of carbonyl (C=O) groups excluding carboxylic acids is 1. The van der Waals surface area contributed by atoms with Crippen molar-refractivity contribution in [1.82, 2.24) is 4.90 Å². The largest absolute Gasteiger partial charge is 0.462 e. The van der Waals surface area contributed by atoms with Crippen LogP contribution in [0.5, 0.6) is 0 Å². The summed E-state index contributed by atoms with van der Waals surface area (Å²) in [7, 11) is 0. The molecule has 1 saturated heterocycles. The van der Waals surface area contributed by atoms with Crippen LogP contribution in [0.15, 0.2) is 0 Å². The molecule has 0 aromatic carbocycles. The van der Waals surface area contributed by atoms with Gasteiger partial charge in [0, 0.05) is 12.1 Å². The molecule has 0 unspecified atom stereocenters. The third-order valence-corrected chi connectivity index (χ3v) is 2.50. The lowest BCUT2D eigenvalue weighted by atomic mass is 10.0. The average Bonchev–Trinajstić information content (AvgIpc) is 2.07. The number of esters is 1. The van der Waals surface area contributed by atoms with Gasteiger partial charge in [-0.1, -0.05) is 0 Å². The van der Waals surface area contributed by atoms with Gasteiger partial charge in [0.25, 0.3) is 0 Å². The Bertz CT molecular complexity index is 226. The molecule has 4 nitrogen and oxygen atoms in total. The molecule has 1 fully saturated rings. The summed E-state index contributed by atoms with van der Waals surface area (Å²) in [4.78, 5) is 13.6. The highest BCUT2D eigenvalue weighted by atomic mass is 16.5. The maximum atomic E-state index is 11.5. The first-order chi connectivity index (χ1) is 6.92. The summed E-state index contributed by atoms with van der Waals surface area (Å²) >= 11 is 0. The van der Waals surface area contributed by atoms with E-state index in [1.54, 1.807) is 0 Å². The van der Waals surface area contributed by atoms with Gasteiger partial charge in [0.05, 0.1) is 25.9 Å². The second kappa shape index (κ2) is 4.94. The SMILES string of the molecule is CC(C)OC(=O)CN1CCOCC1(C)C. The third kappa shape index (κ3) is 3.80. The third-order valence-electron chi connectivity index (χ3n) is 2.50. The molecule has 88 valence electrons. The van der Waals surface area contributed by atoms with Gasteiger partial charge < -0.3 is 9.47 Å².